The van der Waals surface area contributed by atoms with Gasteiger partial charge in [0, 0.05) is 30.5 Å². The van der Waals surface area contributed by atoms with Crippen molar-refractivity contribution >= 4 is 38.5 Å². The quantitative estimate of drug-likeness (QED) is 0.675. The molecule has 5 nitrogen and oxygen atoms in total. The molecule has 0 unspecified atom stereocenters. The van der Waals surface area contributed by atoms with Gasteiger partial charge in [-0.3, -0.25) is 9.59 Å². The normalized spacial score (nSPS) is 14.9. The predicted octanol–water partition coefficient (Wildman–Crippen LogP) is 3.89. The molecule has 0 spiro atoms. The van der Waals surface area contributed by atoms with Gasteiger partial charge in [0.15, 0.2) is 6.61 Å². The Morgan fingerprint density at radius 1 is 1.11 bits per heavy atom. The maximum absolute atomic E-state index is 12.0. The van der Waals surface area contributed by atoms with Crippen LogP contribution in [0.1, 0.15) is 32.1 Å². The first-order valence-corrected chi connectivity index (χ1v) is 10.3. The van der Waals surface area contributed by atoms with Crippen molar-refractivity contribution in [3.05, 3.63) is 40.9 Å². The fourth-order valence-corrected chi connectivity index (χ4v) is 3.64. The maximum Gasteiger partial charge on any atom is 0.257 e. The number of benzene rings is 2. The van der Waals surface area contributed by atoms with Gasteiger partial charge in [0.25, 0.3) is 5.91 Å². The molecule has 1 N–H and O–H groups in total. The molecule has 1 aliphatic rings. The predicted molar refractivity (Wildman–Crippen MR) is 110 cm³/mol. The standard InChI is InChI=1S/C21H25BrN2O3/c22-18-8-6-17-14-19(9-7-16(17)13-18)27-15-20(25)23-10-4-12-24-11-3-1-2-5-21(24)26/h6-9,13-14H,1-5,10-12,15H2,(H,23,25). The number of rotatable bonds is 7. The van der Waals surface area contributed by atoms with Crippen molar-refractivity contribution in [3.8, 4) is 5.75 Å². The minimum atomic E-state index is -0.145. The Morgan fingerprint density at radius 2 is 1.93 bits per heavy atom. The number of amides is 2. The van der Waals surface area contributed by atoms with Crippen LogP contribution in [0, 0.1) is 0 Å². The molecule has 0 saturated carbocycles. The van der Waals surface area contributed by atoms with Crippen molar-refractivity contribution in [2.24, 2.45) is 0 Å². The molecule has 144 valence electrons. The third-order valence-corrected chi connectivity index (χ3v) is 5.24. The van der Waals surface area contributed by atoms with Crippen molar-refractivity contribution in [2.45, 2.75) is 32.1 Å². The smallest absolute Gasteiger partial charge is 0.257 e. The molecule has 2 amide bonds. The van der Waals surface area contributed by atoms with Crippen molar-refractivity contribution in [1.29, 1.82) is 0 Å². The van der Waals surface area contributed by atoms with Gasteiger partial charge in [0.05, 0.1) is 0 Å². The summed E-state index contributed by atoms with van der Waals surface area (Å²) in [6.07, 6.45) is 4.62. The second-order valence-electron chi connectivity index (χ2n) is 6.84. The highest BCUT2D eigenvalue weighted by Crippen LogP contribution is 2.24. The molecular weight excluding hydrogens is 408 g/mol. The summed E-state index contributed by atoms with van der Waals surface area (Å²) < 4.78 is 6.63. The number of nitrogens with zero attached hydrogens (tertiary/aromatic N) is 1. The van der Waals surface area contributed by atoms with Gasteiger partial charge >= 0.3 is 0 Å². The molecule has 0 bridgehead atoms. The Hall–Kier alpha value is -2.08. The fourth-order valence-electron chi connectivity index (χ4n) is 3.26. The van der Waals surface area contributed by atoms with Crippen molar-refractivity contribution in [2.75, 3.05) is 26.2 Å². The minimum Gasteiger partial charge on any atom is -0.484 e. The van der Waals surface area contributed by atoms with Gasteiger partial charge in [-0.15, -0.1) is 0 Å². The lowest BCUT2D eigenvalue weighted by atomic mass is 10.1. The summed E-state index contributed by atoms with van der Waals surface area (Å²) in [6.45, 7) is 2.09. The summed E-state index contributed by atoms with van der Waals surface area (Å²) in [7, 11) is 0. The Kier molecular flexibility index (Phi) is 7.10. The van der Waals surface area contributed by atoms with Gasteiger partial charge in [0.1, 0.15) is 5.75 Å². The van der Waals surface area contributed by atoms with Gasteiger partial charge in [-0.2, -0.15) is 0 Å². The minimum absolute atomic E-state index is 0.00925. The zero-order valence-corrected chi connectivity index (χ0v) is 17.0. The molecule has 1 saturated heterocycles. The average Bonchev–Trinajstić information content (AvgIpc) is 2.87. The van der Waals surface area contributed by atoms with Crippen LogP contribution < -0.4 is 10.1 Å². The van der Waals surface area contributed by atoms with Gasteiger partial charge in [-0.1, -0.05) is 34.5 Å². The molecule has 1 fully saturated rings. The first kappa shape index (κ1) is 19.7. The van der Waals surface area contributed by atoms with Gasteiger partial charge < -0.3 is 15.0 Å². The van der Waals surface area contributed by atoms with Gasteiger partial charge in [-0.05, 0) is 54.3 Å². The summed E-state index contributed by atoms with van der Waals surface area (Å²) in [5.74, 6) is 0.772. The van der Waals surface area contributed by atoms with Gasteiger partial charge in [-0.25, -0.2) is 0 Å². The van der Waals surface area contributed by atoms with E-state index in [-0.39, 0.29) is 18.4 Å². The highest BCUT2D eigenvalue weighted by atomic mass is 79.9. The number of fused-ring (bicyclic) bond motifs is 1. The van der Waals surface area contributed by atoms with E-state index in [9.17, 15) is 9.59 Å². The number of carbonyl (C=O) groups excluding carboxylic acids is 2. The largest absolute Gasteiger partial charge is 0.484 e. The van der Waals surface area contributed by atoms with Crippen LogP contribution in [0.2, 0.25) is 0 Å². The van der Waals surface area contributed by atoms with E-state index in [1.807, 2.05) is 41.3 Å². The van der Waals surface area contributed by atoms with E-state index in [1.165, 1.54) is 0 Å². The number of carbonyl (C=O) groups is 2. The number of hydrogen-bond donors (Lipinski definition) is 1. The summed E-state index contributed by atoms with van der Waals surface area (Å²) in [4.78, 5) is 25.8. The molecular formula is C21H25BrN2O3. The Bertz CT molecular complexity index is 809. The first-order valence-electron chi connectivity index (χ1n) is 9.48. The number of nitrogens with one attached hydrogen (secondary N) is 1. The molecule has 3 rings (SSSR count). The van der Waals surface area contributed by atoms with Crippen LogP contribution in [-0.2, 0) is 9.59 Å². The van der Waals surface area contributed by atoms with Crippen molar-refractivity contribution in [3.63, 3.8) is 0 Å². The molecule has 2 aromatic carbocycles. The lowest BCUT2D eigenvalue weighted by Gasteiger charge is -2.20. The molecule has 27 heavy (non-hydrogen) atoms. The lowest BCUT2D eigenvalue weighted by molar-refractivity contribution is -0.130. The summed E-state index contributed by atoms with van der Waals surface area (Å²) in [5.41, 5.74) is 0. The number of likely N-dealkylation sites (tertiary alicyclic amines) is 1. The molecule has 0 atom stereocenters. The van der Waals surface area contributed by atoms with Crippen LogP contribution in [0.3, 0.4) is 0 Å². The fraction of sp³-hybridized carbons (Fsp3) is 0.429. The zero-order chi connectivity index (χ0) is 19.1. The zero-order valence-electron chi connectivity index (χ0n) is 15.4. The summed E-state index contributed by atoms with van der Waals surface area (Å²) >= 11 is 3.46. The molecule has 2 aromatic rings. The van der Waals surface area contributed by atoms with Gasteiger partial charge in [0.2, 0.25) is 5.91 Å². The molecule has 0 aliphatic carbocycles. The molecule has 6 heteroatoms. The Labute approximate surface area is 168 Å². The maximum atomic E-state index is 12.0. The van der Waals surface area contributed by atoms with E-state index in [1.54, 1.807) is 0 Å². The number of halogens is 1. The van der Waals surface area contributed by atoms with Crippen LogP contribution in [0.4, 0.5) is 0 Å². The first-order chi connectivity index (χ1) is 13.1. The van der Waals surface area contributed by atoms with Crippen LogP contribution in [-0.4, -0.2) is 43.0 Å². The van der Waals surface area contributed by atoms with Crippen LogP contribution >= 0.6 is 15.9 Å². The molecule has 1 heterocycles. The number of hydrogen-bond acceptors (Lipinski definition) is 3. The van der Waals surface area contributed by atoms with E-state index < -0.39 is 0 Å². The highest BCUT2D eigenvalue weighted by Gasteiger charge is 2.15. The third kappa shape index (κ3) is 5.96. The van der Waals surface area contributed by atoms with E-state index in [4.69, 9.17) is 4.74 Å². The third-order valence-electron chi connectivity index (χ3n) is 4.74. The van der Waals surface area contributed by atoms with Crippen LogP contribution in [0.15, 0.2) is 40.9 Å². The van der Waals surface area contributed by atoms with E-state index in [0.29, 0.717) is 25.3 Å². The summed E-state index contributed by atoms with van der Waals surface area (Å²) in [6, 6.07) is 11.8. The second-order valence-corrected chi connectivity index (χ2v) is 7.75. The molecule has 0 aromatic heterocycles. The van der Waals surface area contributed by atoms with Crippen LogP contribution in [0.25, 0.3) is 10.8 Å². The second kappa shape index (κ2) is 9.74. The summed E-state index contributed by atoms with van der Waals surface area (Å²) in [5, 5.41) is 5.04. The van der Waals surface area contributed by atoms with Crippen molar-refractivity contribution in [1.82, 2.24) is 10.2 Å². The Balaban J connectivity index is 1.38. The monoisotopic (exact) mass is 432 g/mol. The van der Waals surface area contributed by atoms with E-state index >= 15 is 0 Å². The molecule has 1 aliphatic heterocycles. The Morgan fingerprint density at radius 3 is 2.81 bits per heavy atom. The topological polar surface area (TPSA) is 58.6 Å². The highest BCUT2D eigenvalue weighted by molar-refractivity contribution is 9.10. The SMILES string of the molecule is O=C(COc1ccc2cc(Br)ccc2c1)NCCCN1CCCCCC1=O. The average molecular weight is 433 g/mol. The number of ether oxygens (including phenoxy) is 1. The lowest BCUT2D eigenvalue weighted by Crippen LogP contribution is -2.35. The van der Waals surface area contributed by atoms with E-state index in [2.05, 4.69) is 21.2 Å². The molecule has 0 radical (unpaired) electrons. The van der Waals surface area contributed by atoms with Crippen LogP contribution in [0.5, 0.6) is 5.75 Å². The van der Waals surface area contributed by atoms with Crippen molar-refractivity contribution < 1.29 is 14.3 Å². The van der Waals surface area contributed by atoms with E-state index in [0.717, 1.165) is 47.5 Å².